The molecule has 2 rings (SSSR count). The van der Waals surface area contributed by atoms with E-state index in [-0.39, 0.29) is 0 Å². The molecular weight excluding hydrogens is 258 g/mol. The van der Waals surface area contributed by atoms with Gasteiger partial charge in [-0.05, 0) is 31.5 Å². The Morgan fingerprint density at radius 1 is 1.19 bits per heavy atom. The molecule has 0 amide bonds. The van der Waals surface area contributed by atoms with Gasteiger partial charge in [0.1, 0.15) is 0 Å². The molecule has 3 nitrogen and oxygen atoms in total. The summed E-state index contributed by atoms with van der Waals surface area (Å²) in [5, 5.41) is 8.02. The summed E-state index contributed by atoms with van der Waals surface area (Å²) in [7, 11) is 2.05. The second-order valence-corrected chi connectivity index (χ2v) is 5.63. The Morgan fingerprint density at radius 2 is 1.95 bits per heavy atom. The second kappa shape index (κ2) is 7.99. The van der Waals surface area contributed by atoms with E-state index in [0.29, 0.717) is 12.0 Å². The lowest BCUT2D eigenvalue weighted by Gasteiger charge is -2.25. The van der Waals surface area contributed by atoms with Crippen LogP contribution in [0.2, 0.25) is 0 Å². The molecule has 1 N–H and O–H groups in total. The van der Waals surface area contributed by atoms with E-state index in [1.807, 2.05) is 29.1 Å². The predicted molar refractivity (Wildman–Crippen MR) is 88.7 cm³/mol. The van der Waals surface area contributed by atoms with Crippen molar-refractivity contribution in [2.24, 2.45) is 5.92 Å². The zero-order chi connectivity index (χ0) is 15.1. The molecule has 1 heterocycles. The van der Waals surface area contributed by atoms with Gasteiger partial charge in [-0.1, -0.05) is 51.3 Å². The van der Waals surface area contributed by atoms with Crippen LogP contribution in [0.4, 0.5) is 0 Å². The molecule has 1 aromatic heterocycles. The number of para-hydroxylation sites is 1. The van der Waals surface area contributed by atoms with E-state index >= 15 is 0 Å². The molecule has 0 saturated carbocycles. The largest absolute Gasteiger partial charge is 0.313 e. The molecule has 0 aliphatic heterocycles. The van der Waals surface area contributed by atoms with E-state index in [9.17, 15) is 0 Å². The van der Waals surface area contributed by atoms with Crippen LogP contribution in [0.1, 0.15) is 51.1 Å². The Bertz CT molecular complexity index is 518. The van der Waals surface area contributed by atoms with Crippen LogP contribution >= 0.6 is 0 Å². The van der Waals surface area contributed by atoms with Crippen molar-refractivity contribution in [3.05, 3.63) is 48.3 Å². The molecule has 0 aliphatic rings. The minimum absolute atomic E-state index is 0.388. The standard InChI is InChI=1S/C18H27N3/c1-4-6-10-15(5-2)18(19-3)16-13-20-21(14-16)17-11-8-7-9-12-17/h7-9,11-15,18-19H,4-6,10H2,1-3H3. The van der Waals surface area contributed by atoms with Gasteiger partial charge in [0, 0.05) is 17.8 Å². The van der Waals surface area contributed by atoms with Crippen molar-refractivity contribution in [3.63, 3.8) is 0 Å². The number of nitrogens with zero attached hydrogens (tertiary/aromatic N) is 2. The van der Waals surface area contributed by atoms with Crippen LogP contribution in [-0.4, -0.2) is 16.8 Å². The first-order valence-corrected chi connectivity index (χ1v) is 8.07. The molecule has 114 valence electrons. The van der Waals surface area contributed by atoms with Crippen molar-refractivity contribution in [1.82, 2.24) is 15.1 Å². The van der Waals surface area contributed by atoms with E-state index in [2.05, 4.69) is 49.6 Å². The Hall–Kier alpha value is -1.61. The third kappa shape index (κ3) is 3.94. The van der Waals surface area contributed by atoms with E-state index in [1.54, 1.807) is 0 Å². The highest BCUT2D eigenvalue weighted by Crippen LogP contribution is 2.28. The van der Waals surface area contributed by atoms with E-state index < -0.39 is 0 Å². The molecule has 0 saturated heterocycles. The first-order chi connectivity index (χ1) is 10.3. The summed E-state index contributed by atoms with van der Waals surface area (Å²) in [4.78, 5) is 0. The second-order valence-electron chi connectivity index (χ2n) is 5.63. The van der Waals surface area contributed by atoms with Crippen molar-refractivity contribution >= 4 is 0 Å². The fourth-order valence-electron chi connectivity index (χ4n) is 2.97. The summed E-state index contributed by atoms with van der Waals surface area (Å²) in [6.07, 6.45) is 9.19. The average molecular weight is 285 g/mol. The van der Waals surface area contributed by atoms with Crippen molar-refractivity contribution < 1.29 is 0 Å². The van der Waals surface area contributed by atoms with E-state index in [0.717, 1.165) is 5.69 Å². The highest BCUT2D eigenvalue weighted by molar-refractivity contribution is 5.31. The molecule has 0 aliphatic carbocycles. The predicted octanol–water partition coefficient (Wildman–Crippen LogP) is 4.35. The van der Waals surface area contributed by atoms with Crippen molar-refractivity contribution in [2.45, 2.75) is 45.6 Å². The summed E-state index contributed by atoms with van der Waals surface area (Å²) in [6, 6.07) is 10.7. The third-order valence-corrected chi connectivity index (χ3v) is 4.22. The summed E-state index contributed by atoms with van der Waals surface area (Å²) in [6.45, 7) is 4.54. The molecule has 1 aromatic carbocycles. The van der Waals surface area contributed by atoms with Crippen molar-refractivity contribution in [1.29, 1.82) is 0 Å². The van der Waals surface area contributed by atoms with Gasteiger partial charge >= 0.3 is 0 Å². The van der Waals surface area contributed by atoms with Crippen LogP contribution in [0.5, 0.6) is 0 Å². The lowest BCUT2D eigenvalue weighted by atomic mass is 9.88. The van der Waals surface area contributed by atoms with Gasteiger partial charge in [-0.15, -0.1) is 0 Å². The number of rotatable bonds is 8. The number of nitrogens with one attached hydrogen (secondary N) is 1. The van der Waals surface area contributed by atoms with Gasteiger partial charge < -0.3 is 5.32 Å². The lowest BCUT2D eigenvalue weighted by Crippen LogP contribution is -2.24. The Balaban J connectivity index is 2.17. The maximum Gasteiger partial charge on any atom is 0.0645 e. The quantitative estimate of drug-likeness (QED) is 0.781. The lowest BCUT2D eigenvalue weighted by molar-refractivity contribution is 0.339. The summed E-state index contributed by atoms with van der Waals surface area (Å²) < 4.78 is 1.96. The minimum atomic E-state index is 0.388. The highest BCUT2D eigenvalue weighted by Gasteiger charge is 2.21. The van der Waals surface area contributed by atoms with Gasteiger partial charge in [0.2, 0.25) is 0 Å². The first-order valence-electron chi connectivity index (χ1n) is 8.07. The molecule has 0 spiro atoms. The fraction of sp³-hybridized carbons (Fsp3) is 0.500. The Morgan fingerprint density at radius 3 is 2.57 bits per heavy atom. The molecule has 0 fully saturated rings. The summed E-state index contributed by atoms with van der Waals surface area (Å²) in [5.74, 6) is 0.670. The van der Waals surface area contributed by atoms with Crippen LogP contribution < -0.4 is 5.32 Å². The zero-order valence-corrected chi connectivity index (χ0v) is 13.4. The number of benzene rings is 1. The SMILES string of the molecule is CCCCC(CC)C(NC)c1cnn(-c2ccccc2)c1. The number of hydrogen-bond donors (Lipinski definition) is 1. The third-order valence-electron chi connectivity index (χ3n) is 4.22. The molecule has 21 heavy (non-hydrogen) atoms. The van der Waals surface area contributed by atoms with Gasteiger partial charge in [-0.2, -0.15) is 5.10 Å². The zero-order valence-electron chi connectivity index (χ0n) is 13.4. The molecule has 0 radical (unpaired) electrons. The fourth-order valence-corrected chi connectivity index (χ4v) is 2.97. The van der Waals surface area contributed by atoms with Crippen molar-refractivity contribution in [2.75, 3.05) is 7.05 Å². The number of hydrogen-bond acceptors (Lipinski definition) is 2. The summed E-state index contributed by atoms with van der Waals surface area (Å²) >= 11 is 0. The van der Waals surface area contributed by atoms with Crippen molar-refractivity contribution in [3.8, 4) is 5.69 Å². The molecule has 2 aromatic rings. The monoisotopic (exact) mass is 285 g/mol. The van der Waals surface area contributed by atoms with Gasteiger partial charge in [-0.3, -0.25) is 0 Å². The van der Waals surface area contributed by atoms with Crippen LogP contribution in [-0.2, 0) is 0 Å². The summed E-state index contributed by atoms with van der Waals surface area (Å²) in [5.41, 5.74) is 2.39. The Kier molecular flexibility index (Phi) is 6.00. The number of aromatic nitrogens is 2. The van der Waals surface area contributed by atoms with Gasteiger partial charge in [0.15, 0.2) is 0 Å². The van der Waals surface area contributed by atoms with E-state index in [1.165, 1.54) is 31.2 Å². The number of unbranched alkanes of at least 4 members (excludes halogenated alkanes) is 1. The highest BCUT2D eigenvalue weighted by atomic mass is 15.3. The minimum Gasteiger partial charge on any atom is -0.313 e. The topological polar surface area (TPSA) is 29.9 Å². The maximum absolute atomic E-state index is 4.53. The maximum atomic E-state index is 4.53. The molecule has 2 atom stereocenters. The first kappa shape index (κ1) is 15.8. The smallest absolute Gasteiger partial charge is 0.0645 e. The van der Waals surface area contributed by atoms with Gasteiger partial charge in [0.05, 0.1) is 11.9 Å². The van der Waals surface area contributed by atoms with Crippen LogP contribution in [0.3, 0.4) is 0 Å². The molecule has 3 heteroatoms. The molecule has 0 bridgehead atoms. The molecule has 2 unspecified atom stereocenters. The average Bonchev–Trinajstić information content (AvgIpc) is 3.02. The van der Waals surface area contributed by atoms with Gasteiger partial charge in [0.25, 0.3) is 0 Å². The Labute approximate surface area is 128 Å². The normalized spacial score (nSPS) is 14.0. The van der Waals surface area contributed by atoms with Crippen LogP contribution in [0.15, 0.2) is 42.7 Å². The molecular formula is C18H27N3. The van der Waals surface area contributed by atoms with Crippen LogP contribution in [0.25, 0.3) is 5.69 Å². The van der Waals surface area contributed by atoms with Gasteiger partial charge in [-0.25, -0.2) is 4.68 Å². The van der Waals surface area contributed by atoms with E-state index in [4.69, 9.17) is 0 Å². The van der Waals surface area contributed by atoms with Crippen LogP contribution in [0, 0.1) is 5.92 Å².